The van der Waals surface area contributed by atoms with Crippen molar-refractivity contribution in [2.75, 3.05) is 40.3 Å². The fourth-order valence-corrected chi connectivity index (χ4v) is 3.32. The highest BCUT2D eigenvalue weighted by molar-refractivity contribution is 5.94. The van der Waals surface area contributed by atoms with E-state index >= 15 is 0 Å². The fraction of sp³-hybridized carbons (Fsp3) is 0.684. The molecular formula is C19H31N5O2. The second-order valence-electron chi connectivity index (χ2n) is 6.97. The molecule has 0 saturated carbocycles. The smallest absolute Gasteiger partial charge is 0.257 e. The van der Waals surface area contributed by atoms with Crippen LogP contribution in [0, 0.1) is 6.92 Å². The first-order chi connectivity index (χ1) is 12.4. The number of carbonyl (C=O) groups is 2. The third-order valence-corrected chi connectivity index (χ3v) is 5.03. The van der Waals surface area contributed by atoms with Crippen molar-refractivity contribution >= 4 is 11.8 Å². The van der Waals surface area contributed by atoms with Crippen molar-refractivity contribution in [3.8, 4) is 0 Å². The van der Waals surface area contributed by atoms with Gasteiger partial charge in [0.1, 0.15) is 5.82 Å². The van der Waals surface area contributed by atoms with E-state index in [4.69, 9.17) is 0 Å². The summed E-state index contributed by atoms with van der Waals surface area (Å²) in [5.74, 6) is 0.772. The van der Waals surface area contributed by atoms with Gasteiger partial charge in [-0.3, -0.25) is 14.5 Å². The molecule has 0 aromatic carbocycles. The number of carbonyl (C=O) groups excluding carboxylic acids is 2. The van der Waals surface area contributed by atoms with E-state index in [1.54, 1.807) is 30.1 Å². The highest BCUT2D eigenvalue weighted by Gasteiger charge is 2.29. The van der Waals surface area contributed by atoms with Gasteiger partial charge in [-0.25, -0.2) is 9.97 Å². The molecule has 1 aliphatic rings. The molecule has 2 rings (SSSR count). The Morgan fingerprint density at radius 3 is 2.50 bits per heavy atom. The molecule has 7 nitrogen and oxygen atoms in total. The van der Waals surface area contributed by atoms with Gasteiger partial charge >= 0.3 is 0 Å². The molecule has 1 aromatic heterocycles. The summed E-state index contributed by atoms with van der Waals surface area (Å²) < 4.78 is 0. The zero-order valence-electron chi connectivity index (χ0n) is 16.7. The largest absolute Gasteiger partial charge is 0.348 e. The lowest BCUT2D eigenvalue weighted by Crippen LogP contribution is -2.42. The van der Waals surface area contributed by atoms with Gasteiger partial charge in [-0.15, -0.1) is 0 Å². The Kier molecular flexibility index (Phi) is 7.08. The van der Waals surface area contributed by atoms with E-state index in [2.05, 4.69) is 14.9 Å². The van der Waals surface area contributed by atoms with Crippen LogP contribution in [-0.4, -0.2) is 76.8 Å². The minimum absolute atomic E-state index is 0.0256. The van der Waals surface area contributed by atoms with Gasteiger partial charge in [-0.1, -0.05) is 6.42 Å². The van der Waals surface area contributed by atoms with Crippen molar-refractivity contribution in [3.05, 3.63) is 23.3 Å². The Bertz CT molecular complexity index is 643. The summed E-state index contributed by atoms with van der Waals surface area (Å²) in [5.41, 5.74) is 1.26. The highest BCUT2D eigenvalue weighted by Crippen LogP contribution is 2.29. The first-order valence-corrected chi connectivity index (χ1v) is 9.46. The van der Waals surface area contributed by atoms with Crippen LogP contribution in [0.4, 0.5) is 0 Å². The highest BCUT2D eigenvalue weighted by atomic mass is 16.2. The molecule has 1 saturated heterocycles. The third kappa shape index (κ3) is 4.58. The van der Waals surface area contributed by atoms with Gasteiger partial charge in [0.05, 0.1) is 23.8 Å². The Balaban J connectivity index is 2.22. The average molecular weight is 361 g/mol. The topological polar surface area (TPSA) is 69.6 Å². The molecule has 26 heavy (non-hydrogen) atoms. The number of likely N-dealkylation sites (N-methyl/N-ethyl adjacent to an activating group) is 1. The second kappa shape index (κ2) is 9.07. The number of piperidine rings is 1. The van der Waals surface area contributed by atoms with E-state index in [9.17, 15) is 9.59 Å². The molecule has 0 N–H and O–H groups in total. The summed E-state index contributed by atoms with van der Waals surface area (Å²) in [6, 6.07) is 0.0314. The minimum Gasteiger partial charge on any atom is -0.348 e. The fourth-order valence-electron chi connectivity index (χ4n) is 3.32. The number of likely N-dealkylation sites (tertiary alicyclic amines) is 1. The molecular weight excluding hydrogens is 330 g/mol. The van der Waals surface area contributed by atoms with E-state index in [0.29, 0.717) is 36.7 Å². The van der Waals surface area contributed by atoms with Gasteiger partial charge in [0.25, 0.3) is 5.91 Å². The van der Waals surface area contributed by atoms with Crippen LogP contribution in [0.3, 0.4) is 0 Å². The first-order valence-electron chi connectivity index (χ1n) is 9.46. The van der Waals surface area contributed by atoms with Gasteiger partial charge in [0.15, 0.2) is 0 Å². The van der Waals surface area contributed by atoms with Crippen LogP contribution in [0.15, 0.2) is 6.20 Å². The maximum absolute atomic E-state index is 12.6. The lowest BCUT2D eigenvalue weighted by atomic mass is 10.0. The van der Waals surface area contributed by atoms with Crippen LogP contribution < -0.4 is 0 Å². The van der Waals surface area contributed by atoms with Crippen molar-refractivity contribution in [2.45, 2.75) is 46.1 Å². The zero-order valence-corrected chi connectivity index (χ0v) is 16.7. The van der Waals surface area contributed by atoms with Crippen LogP contribution in [0.25, 0.3) is 0 Å². The van der Waals surface area contributed by atoms with Crippen LogP contribution in [0.2, 0.25) is 0 Å². The molecule has 0 unspecified atom stereocenters. The van der Waals surface area contributed by atoms with Crippen molar-refractivity contribution < 1.29 is 9.59 Å². The van der Waals surface area contributed by atoms with Crippen LogP contribution in [0.1, 0.15) is 61.0 Å². The third-order valence-electron chi connectivity index (χ3n) is 5.03. The normalized spacial score (nSPS) is 17.8. The number of amides is 2. The summed E-state index contributed by atoms with van der Waals surface area (Å²) in [5, 5.41) is 0. The predicted molar refractivity (Wildman–Crippen MR) is 101 cm³/mol. The van der Waals surface area contributed by atoms with Crippen molar-refractivity contribution in [3.63, 3.8) is 0 Å². The number of hydrogen-bond acceptors (Lipinski definition) is 5. The summed E-state index contributed by atoms with van der Waals surface area (Å²) in [7, 11) is 3.55. The van der Waals surface area contributed by atoms with E-state index in [1.807, 2.05) is 20.8 Å². The lowest BCUT2D eigenvalue weighted by Gasteiger charge is -2.34. The Morgan fingerprint density at radius 2 is 1.92 bits per heavy atom. The average Bonchev–Trinajstić information content (AvgIpc) is 2.62. The van der Waals surface area contributed by atoms with Crippen molar-refractivity contribution in [1.29, 1.82) is 0 Å². The molecule has 2 heterocycles. The molecule has 1 aliphatic heterocycles. The standard InChI is InChI=1S/C19H31N5O2/c1-6-23(7-2)19(26)15-12-20-18(21-14(15)3)16-10-8-9-11-24(16)13-17(25)22(4)5/h12,16H,6-11,13H2,1-5H3/t16-/m0/s1. The predicted octanol–water partition coefficient (Wildman–Crippen LogP) is 1.88. The maximum Gasteiger partial charge on any atom is 0.257 e. The van der Waals surface area contributed by atoms with Gasteiger partial charge in [0.2, 0.25) is 5.91 Å². The van der Waals surface area contributed by atoms with E-state index < -0.39 is 0 Å². The monoisotopic (exact) mass is 361 g/mol. The van der Waals surface area contributed by atoms with E-state index in [0.717, 1.165) is 25.8 Å². The molecule has 7 heteroatoms. The van der Waals surface area contributed by atoms with Gasteiger partial charge in [-0.2, -0.15) is 0 Å². The van der Waals surface area contributed by atoms with Crippen LogP contribution >= 0.6 is 0 Å². The van der Waals surface area contributed by atoms with Gasteiger partial charge < -0.3 is 9.80 Å². The number of rotatable bonds is 6. The van der Waals surface area contributed by atoms with Gasteiger partial charge in [-0.05, 0) is 40.2 Å². The molecule has 1 fully saturated rings. The number of hydrogen-bond donors (Lipinski definition) is 0. The first kappa shape index (κ1) is 20.3. The minimum atomic E-state index is -0.0256. The molecule has 1 atom stereocenters. The molecule has 144 valence electrons. The molecule has 0 bridgehead atoms. The van der Waals surface area contributed by atoms with E-state index in [1.165, 1.54) is 0 Å². The number of aromatic nitrogens is 2. The van der Waals surface area contributed by atoms with Gasteiger partial charge in [0, 0.05) is 33.4 Å². The molecule has 0 spiro atoms. The molecule has 0 radical (unpaired) electrons. The van der Waals surface area contributed by atoms with Crippen molar-refractivity contribution in [2.24, 2.45) is 0 Å². The Morgan fingerprint density at radius 1 is 1.23 bits per heavy atom. The maximum atomic E-state index is 12.6. The number of nitrogens with zero attached hydrogens (tertiary/aromatic N) is 5. The van der Waals surface area contributed by atoms with Crippen LogP contribution in [-0.2, 0) is 4.79 Å². The SMILES string of the molecule is CCN(CC)C(=O)c1cnc([C@@H]2CCCCN2CC(=O)N(C)C)nc1C. The lowest BCUT2D eigenvalue weighted by molar-refractivity contribution is -0.130. The summed E-state index contributed by atoms with van der Waals surface area (Å²) in [6.45, 7) is 8.37. The Hall–Kier alpha value is -2.02. The number of aryl methyl sites for hydroxylation is 1. The molecule has 2 amide bonds. The van der Waals surface area contributed by atoms with E-state index in [-0.39, 0.29) is 17.9 Å². The zero-order chi connectivity index (χ0) is 19.3. The quantitative estimate of drug-likeness (QED) is 0.774. The van der Waals surface area contributed by atoms with Crippen LogP contribution in [0.5, 0.6) is 0 Å². The Labute approximate surface area is 156 Å². The summed E-state index contributed by atoms with van der Waals surface area (Å²) >= 11 is 0. The second-order valence-corrected chi connectivity index (χ2v) is 6.97. The molecule has 1 aromatic rings. The molecule has 0 aliphatic carbocycles. The van der Waals surface area contributed by atoms with Crippen molar-refractivity contribution in [1.82, 2.24) is 24.7 Å². The summed E-state index contributed by atoms with van der Waals surface area (Å²) in [4.78, 5) is 39.4. The summed E-state index contributed by atoms with van der Waals surface area (Å²) in [6.07, 6.45) is 4.76.